The van der Waals surface area contributed by atoms with Crippen LogP contribution >= 0.6 is 0 Å². The van der Waals surface area contributed by atoms with Crippen LogP contribution in [0.25, 0.3) is 0 Å². The van der Waals surface area contributed by atoms with Crippen LogP contribution in [0.15, 0.2) is 48.5 Å². The molecule has 0 bridgehead atoms. The molecule has 25 heavy (non-hydrogen) atoms. The van der Waals surface area contributed by atoms with Crippen LogP contribution < -0.4 is 10.1 Å². The summed E-state index contributed by atoms with van der Waals surface area (Å²) in [5.74, 6) is 0.296. The predicted octanol–water partition coefficient (Wildman–Crippen LogP) is 2.42. The van der Waals surface area contributed by atoms with Gasteiger partial charge in [-0.3, -0.25) is 9.59 Å². The van der Waals surface area contributed by atoms with E-state index in [0.717, 1.165) is 0 Å². The highest BCUT2D eigenvalue weighted by Crippen LogP contribution is 2.23. The molecule has 0 aliphatic carbocycles. The van der Waals surface area contributed by atoms with Crippen molar-refractivity contribution < 1.29 is 19.1 Å². The average Bonchev–Trinajstić information content (AvgIpc) is 2.68. The zero-order chi connectivity index (χ0) is 17.6. The van der Waals surface area contributed by atoms with E-state index in [1.807, 2.05) is 12.1 Å². The molecule has 1 N–H and O–H groups in total. The number of amides is 2. The molecule has 2 aromatic carbocycles. The van der Waals surface area contributed by atoms with Gasteiger partial charge in [0, 0.05) is 24.2 Å². The fourth-order valence-electron chi connectivity index (χ4n) is 2.66. The lowest BCUT2D eigenvalue weighted by Gasteiger charge is -2.26. The van der Waals surface area contributed by atoms with E-state index in [1.54, 1.807) is 48.4 Å². The molecule has 1 aliphatic heterocycles. The van der Waals surface area contributed by atoms with Gasteiger partial charge in [0.05, 0.1) is 26.0 Å². The van der Waals surface area contributed by atoms with Gasteiger partial charge in [-0.15, -0.1) is 0 Å². The standard InChI is InChI=1S/C19H20N2O4/c1-24-17-5-3-2-4-16(17)20-18(22)14-6-8-15(9-7-14)19(23)21-10-12-25-13-11-21/h2-9H,10-13H2,1H3,(H,20,22). The van der Waals surface area contributed by atoms with Crippen molar-refractivity contribution in [1.29, 1.82) is 0 Å². The number of para-hydroxylation sites is 2. The summed E-state index contributed by atoms with van der Waals surface area (Å²) in [4.78, 5) is 26.6. The van der Waals surface area contributed by atoms with Crippen molar-refractivity contribution in [3.05, 3.63) is 59.7 Å². The summed E-state index contributed by atoms with van der Waals surface area (Å²) in [6.45, 7) is 2.31. The average molecular weight is 340 g/mol. The molecule has 2 amide bonds. The first kappa shape index (κ1) is 17.0. The molecule has 1 fully saturated rings. The third-order valence-corrected chi connectivity index (χ3v) is 4.05. The number of morpholine rings is 1. The quantitative estimate of drug-likeness (QED) is 0.928. The molecule has 6 nitrogen and oxygen atoms in total. The van der Waals surface area contributed by atoms with Crippen molar-refractivity contribution in [3.8, 4) is 5.75 Å². The first-order chi connectivity index (χ1) is 12.2. The van der Waals surface area contributed by atoms with Gasteiger partial charge in [0.2, 0.25) is 0 Å². The van der Waals surface area contributed by atoms with Crippen molar-refractivity contribution in [1.82, 2.24) is 4.90 Å². The summed E-state index contributed by atoms with van der Waals surface area (Å²) < 4.78 is 10.5. The van der Waals surface area contributed by atoms with E-state index in [-0.39, 0.29) is 11.8 Å². The second-order valence-electron chi connectivity index (χ2n) is 5.64. The van der Waals surface area contributed by atoms with E-state index in [1.165, 1.54) is 0 Å². The fraction of sp³-hybridized carbons (Fsp3) is 0.263. The fourth-order valence-corrected chi connectivity index (χ4v) is 2.66. The maximum atomic E-state index is 12.4. The molecule has 0 saturated carbocycles. The maximum absolute atomic E-state index is 12.4. The lowest BCUT2D eigenvalue weighted by Crippen LogP contribution is -2.40. The molecule has 3 rings (SSSR count). The van der Waals surface area contributed by atoms with E-state index < -0.39 is 0 Å². The Kier molecular flexibility index (Phi) is 5.30. The second-order valence-corrected chi connectivity index (χ2v) is 5.64. The summed E-state index contributed by atoms with van der Waals surface area (Å²) in [6.07, 6.45) is 0. The number of nitrogens with one attached hydrogen (secondary N) is 1. The highest BCUT2D eigenvalue weighted by Gasteiger charge is 2.19. The number of ether oxygens (including phenoxy) is 2. The van der Waals surface area contributed by atoms with Crippen LogP contribution in [0, 0.1) is 0 Å². The number of anilines is 1. The summed E-state index contributed by atoms with van der Waals surface area (Å²) in [7, 11) is 1.55. The summed E-state index contributed by atoms with van der Waals surface area (Å²) in [6, 6.07) is 13.9. The highest BCUT2D eigenvalue weighted by molar-refractivity contribution is 6.05. The third-order valence-electron chi connectivity index (χ3n) is 4.05. The van der Waals surface area contributed by atoms with Gasteiger partial charge in [-0.25, -0.2) is 0 Å². The van der Waals surface area contributed by atoms with Crippen molar-refractivity contribution in [3.63, 3.8) is 0 Å². The van der Waals surface area contributed by atoms with Gasteiger partial charge in [0.25, 0.3) is 11.8 Å². The molecule has 1 heterocycles. The van der Waals surface area contributed by atoms with Crippen molar-refractivity contribution in [2.75, 3.05) is 38.7 Å². The highest BCUT2D eigenvalue weighted by atomic mass is 16.5. The zero-order valence-corrected chi connectivity index (χ0v) is 14.0. The molecule has 0 aromatic heterocycles. The monoisotopic (exact) mass is 340 g/mol. The minimum atomic E-state index is -0.255. The van der Waals surface area contributed by atoms with Gasteiger partial charge in [-0.1, -0.05) is 12.1 Å². The predicted molar refractivity (Wildman–Crippen MR) is 94.1 cm³/mol. The topological polar surface area (TPSA) is 67.9 Å². The van der Waals surface area contributed by atoms with E-state index in [4.69, 9.17) is 9.47 Å². The number of hydrogen-bond acceptors (Lipinski definition) is 4. The largest absolute Gasteiger partial charge is 0.495 e. The van der Waals surface area contributed by atoms with E-state index >= 15 is 0 Å². The van der Waals surface area contributed by atoms with Crippen molar-refractivity contribution >= 4 is 17.5 Å². The summed E-state index contributed by atoms with van der Waals surface area (Å²) in [5.41, 5.74) is 1.64. The van der Waals surface area contributed by atoms with E-state index in [2.05, 4.69) is 5.32 Å². The summed E-state index contributed by atoms with van der Waals surface area (Å²) in [5, 5.41) is 2.81. The van der Waals surface area contributed by atoms with E-state index in [0.29, 0.717) is 48.9 Å². The normalized spacial score (nSPS) is 14.0. The van der Waals surface area contributed by atoms with Gasteiger partial charge in [0.1, 0.15) is 5.75 Å². The lowest BCUT2D eigenvalue weighted by molar-refractivity contribution is 0.0303. The Morgan fingerprint density at radius 3 is 2.32 bits per heavy atom. The minimum absolute atomic E-state index is 0.0417. The number of methoxy groups -OCH3 is 1. The van der Waals surface area contributed by atoms with Crippen LogP contribution in [-0.2, 0) is 4.74 Å². The van der Waals surface area contributed by atoms with Crippen molar-refractivity contribution in [2.45, 2.75) is 0 Å². The third kappa shape index (κ3) is 3.97. The van der Waals surface area contributed by atoms with Crippen molar-refractivity contribution in [2.24, 2.45) is 0 Å². The van der Waals surface area contributed by atoms with Crippen LogP contribution in [0.2, 0.25) is 0 Å². The Morgan fingerprint density at radius 1 is 1.00 bits per heavy atom. The first-order valence-electron chi connectivity index (χ1n) is 8.10. The molecular weight excluding hydrogens is 320 g/mol. The Hall–Kier alpha value is -2.86. The minimum Gasteiger partial charge on any atom is -0.495 e. The Balaban J connectivity index is 1.69. The molecular formula is C19H20N2O4. The van der Waals surface area contributed by atoms with Gasteiger partial charge >= 0.3 is 0 Å². The van der Waals surface area contributed by atoms with Crippen LogP contribution in [-0.4, -0.2) is 50.1 Å². The molecule has 0 atom stereocenters. The number of rotatable bonds is 4. The van der Waals surface area contributed by atoms with Crippen LogP contribution in [0.5, 0.6) is 5.75 Å². The molecule has 1 saturated heterocycles. The number of hydrogen-bond donors (Lipinski definition) is 1. The van der Waals surface area contributed by atoms with Crippen LogP contribution in [0.3, 0.4) is 0 Å². The molecule has 6 heteroatoms. The summed E-state index contributed by atoms with van der Waals surface area (Å²) >= 11 is 0. The Labute approximate surface area is 146 Å². The molecule has 0 unspecified atom stereocenters. The Morgan fingerprint density at radius 2 is 1.64 bits per heavy atom. The number of carbonyl (C=O) groups is 2. The van der Waals surface area contributed by atoms with Gasteiger partial charge in [0.15, 0.2) is 0 Å². The van der Waals surface area contributed by atoms with Crippen LogP contribution in [0.1, 0.15) is 20.7 Å². The van der Waals surface area contributed by atoms with Crippen LogP contribution in [0.4, 0.5) is 5.69 Å². The second kappa shape index (κ2) is 7.81. The number of benzene rings is 2. The number of nitrogens with zero attached hydrogens (tertiary/aromatic N) is 1. The first-order valence-corrected chi connectivity index (χ1v) is 8.10. The molecule has 2 aromatic rings. The molecule has 130 valence electrons. The zero-order valence-electron chi connectivity index (χ0n) is 14.0. The smallest absolute Gasteiger partial charge is 0.255 e. The molecule has 1 aliphatic rings. The Bertz CT molecular complexity index is 752. The maximum Gasteiger partial charge on any atom is 0.255 e. The lowest BCUT2D eigenvalue weighted by atomic mass is 10.1. The molecule has 0 radical (unpaired) electrons. The van der Waals surface area contributed by atoms with Gasteiger partial charge in [-0.2, -0.15) is 0 Å². The number of carbonyl (C=O) groups excluding carboxylic acids is 2. The SMILES string of the molecule is COc1ccccc1NC(=O)c1ccc(C(=O)N2CCOCC2)cc1. The van der Waals surface area contributed by atoms with E-state index in [9.17, 15) is 9.59 Å². The van der Waals surface area contributed by atoms with Gasteiger partial charge < -0.3 is 19.7 Å². The molecule has 0 spiro atoms. The van der Waals surface area contributed by atoms with Gasteiger partial charge in [-0.05, 0) is 36.4 Å².